The molecule has 1 atom stereocenters. The minimum atomic E-state index is -0.924. The molecule has 0 radical (unpaired) electrons. The van der Waals surface area contributed by atoms with Gasteiger partial charge in [-0.3, -0.25) is 4.79 Å². The summed E-state index contributed by atoms with van der Waals surface area (Å²) in [6.45, 7) is 7.54. The van der Waals surface area contributed by atoms with Crippen LogP contribution in [0.5, 0.6) is 0 Å². The summed E-state index contributed by atoms with van der Waals surface area (Å²) < 4.78 is 5.68. The van der Waals surface area contributed by atoms with Crippen molar-refractivity contribution in [1.29, 1.82) is 5.26 Å². The van der Waals surface area contributed by atoms with Crippen LogP contribution in [0.15, 0.2) is 0 Å². The number of nitrogens with zero attached hydrogens (tertiary/aromatic N) is 2. The first-order valence-corrected chi connectivity index (χ1v) is 6.33. The Bertz CT molecular complexity index is 307. The molecule has 1 heterocycles. The van der Waals surface area contributed by atoms with Crippen LogP contribution in [-0.2, 0) is 9.53 Å². The second-order valence-corrected chi connectivity index (χ2v) is 5.12. The van der Waals surface area contributed by atoms with E-state index in [9.17, 15) is 4.79 Å². The molecule has 1 saturated heterocycles. The number of likely N-dealkylation sites (tertiary alicyclic amines) is 1. The molecule has 1 fully saturated rings. The highest BCUT2D eigenvalue weighted by atomic mass is 16.5. The van der Waals surface area contributed by atoms with Crippen molar-refractivity contribution in [2.24, 2.45) is 5.41 Å². The number of amides is 1. The third-order valence-corrected chi connectivity index (χ3v) is 3.04. The van der Waals surface area contributed by atoms with Crippen LogP contribution in [0, 0.1) is 16.7 Å². The Balaban J connectivity index is 2.55. The molecule has 1 aliphatic rings. The summed E-state index contributed by atoms with van der Waals surface area (Å²) in [6, 6.07) is 2.06. The maximum atomic E-state index is 12.1. The average Bonchev–Trinajstić information content (AvgIpc) is 2.35. The molecule has 1 rings (SSSR count). The largest absolute Gasteiger partial charge is 0.376 e. The van der Waals surface area contributed by atoms with Gasteiger partial charge in [0, 0.05) is 19.7 Å². The lowest BCUT2D eigenvalue weighted by Crippen LogP contribution is -2.48. The van der Waals surface area contributed by atoms with Crippen molar-refractivity contribution >= 4 is 5.91 Å². The number of nitriles is 1. The zero-order chi connectivity index (χ0) is 12.9. The maximum Gasteiger partial charge on any atom is 0.242 e. The molecule has 1 amide bonds. The Hall–Kier alpha value is -1.08. The van der Waals surface area contributed by atoms with E-state index < -0.39 is 5.41 Å². The van der Waals surface area contributed by atoms with Gasteiger partial charge in [-0.1, -0.05) is 6.92 Å². The molecule has 1 unspecified atom stereocenters. The molecule has 4 nitrogen and oxygen atoms in total. The molecule has 0 saturated carbocycles. The number of carbonyl (C=O) groups is 1. The minimum Gasteiger partial charge on any atom is -0.376 e. The summed E-state index contributed by atoms with van der Waals surface area (Å²) >= 11 is 0. The third-order valence-electron chi connectivity index (χ3n) is 3.04. The van der Waals surface area contributed by atoms with Crippen molar-refractivity contribution in [1.82, 2.24) is 4.90 Å². The highest BCUT2D eigenvalue weighted by Gasteiger charge is 2.34. The van der Waals surface area contributed by atoms with Crippen molar-refractivity contribution < 1.29 is 9.53 Å². The topological polar surface area (TPSA) is 53.3 Å². The molecular formula is C13H22N2O2. The van der Waals surface area contributed by atoms with Crippen LogP contribution in [0.25, 0.3) is 0 Å². The second-order valence-electron chi connectivity index (χ2n) is 5.12. The van der Waals surface area contributed by atoms with Crippen molar-refractivity contribution in [3.05, 3.63) is 0 Å². The van der Waals surface area contributed by atoms with E-state index >= 15 is 0 Å². The highest BCUT2D eigenvalue weighted by molar-refractivity contribution is 5.84. The van der Waals surface area contributed by atoms with Gasteiger partial charge < -0.3 is 9.64 Å². The van der Waals surface area contributed by atoms with Gasteiger partial charge >= 0.3 is 0 Å². The summed E-state index contributed by atoms with van der Waals surface area (Å²) in [5.41, 5.74) is -0.924. The van der Waals surface area contributed by atoms with Crippen molar-refractivity contribution in [3.63, 3.8) is 0 Å². The predicted octanol–water partition coefficient (Wildman–Crippen LogP) is 1.95. The summed E-state index contributed by atoms with van der Waals surface area (Å²) in [4.78, 5) is 13.9. The van der Waals surface area contributed by atoms with E-state index in [1.807, 2.05) is 0 Å². The molecular weight excluding hydrogens is 216 g/mol. The van der Waals surface area contributed by atoms with Gasteiger partial charge in [0.05, 0.1) is 12.2 Å². The SMILES string of the molecule is CCCOC1CCCN(C(=O)C(C)(C)C#N)C1. The van der Waals surface area contributed by atoms with Gasteiger partial charge in [-0.05, 0) is 33.1 Å². The lowest BCUT2D eigenvalue weighted by Gasteiger charge is -2.35. The van der Waals surface area contributed by atoms with Gasteiger partial charge in [0.1, 0.15) is 5.41 Å². The van der Waals surface area contributed by atoms with Crippen LogP contribution in [0.2, 0.25) is 0 Å². The Labute approximate surface area is 104 Å². The van der Waals surface area contributed by atoms with E-state index in [4.69, 9.17) is 10.00 Å². The monoisotopic (exact) mass is 238 g/mol. The molecule has 0 spiro atoms. The van der Waals surface area contributed by atoms with E-state index in [-0.39, 0.29) is 12.0 Å². The minimum absolute atomic E-state index is 0.0789. The van der Waals surface area contributed by atoms with Crippen LogP contribution < -0.4 is 0 Å². The first-order chi connectivity index (χ1) is 8.01. The Kier molecular flexibility index (Phi) is 4.95. The van der Waals surface area contributed by atoms with E-state index in [2.05, 4.69) is 13.0 Å². The van der Waals surface area contributed by atoms with E-state index in [1.54, 1.807) is 18.7 Å². The van der Waals surface area contributed by atoms with Gasteiger partial charge in [-0.25, -0.2) is 0 Å². The summed E-state index contributed by atoms with van der Waals surface area (Å²) in [5.74, 6) is -0.0789. The first-order valence-electron chi connectivity index (χ1n) is 6.33. The zero-order valence-electron chi connectivity index (χ0n) is 11.0. The number of piperidine rings is 1. The third kappa shape index (κ3) is 3.71. The van der Waals surface area contributed by atoms with Gasteiger partial charge in [0.2, 0.25) is 5.91 Å². The fraction of sp³-hybridized carbons (Fsp3) is 0.846. The first kappa shape index (κ1) is 14.0. The van der Waals surface area contributed by atoms with Crippen LogP contribution in [-0.4, -0.2) is 36.6 Å². The van der Waals surface area contributed by atoms with E-state index in [0.29, 0.717) is 6.54 Å². The number of carbonyl (C=O) groups excluding carboxylic acids is 1. The second kappa shape index (κ2) is 6.02. The molecule has 0 aromatic carbocycles. The molecule has 96 valence electrons. The quantitative estimate of drug-likeness (QED) is 0.752. The van der Waals surface area contributed by atoms with Crippen LogP contribution >= 0.6 is 0 Å². The Morgan fingerprint density at radius 1 is 1.59 bits per heavy atom. The van der Waals surface area contributed by atoms with Gasteiger partial charge in [0.15, 0.2) is 0 Å². The number of ether oxygens (including phenoxy) is 1. The average molecular weight is 238 g/mol. The molecule has 0 aromatic rings. The van der Waals surface area contributed by atoms with E-state index in [0.717, 1.165) is 32.4 Å². The molecule has 0 bridgehead atoms. The molecule has 0 aliphatic carbocycles. The van der Waals surface area contributed by atoms with Crippen molar-refractivity contribution in [2.45, 2.75) is 46.1 Å². The fourth-order valence-corrected chi connectivity index (χ4v) is 1.99. The van der Waals surface area contributed by atoms with Crippen molar-refractivity contribution in [3.8, 4) is 6.07 Å². The molecule has 1 aliphatic heterocycles. The molecule has 0 aromatic heterocycles. The summed E-state index contributed by atoms with van der Waals surface area (Å²) in [7, 11) is 0. The predicted molar refractivity (Wildman–Crippen MR) is 65.2 cm³/mol. The van der Waals surface area contributed by atoms with Crippen LogP contribution in [0.1, 0.15) is 40.0 Å². The number of hydrogen-bond donors (Lipinski definition) is 0. The summed E-state index contributed by atoms with van der Waals surface area (Å²) in [6.07, 6.45) is 3.11. The highest BCUT2D eigenvalue weighted by Crippen LogP contribution is 2.22. The zero-order valence-corrected chi connectivity index (χ0v) is 11.0. The van der Waals surface area contributed by atoms with Gasteiger partial charge in [-0.2, -0.15) is 5.26 Å². The smallest absolute Gasteiger partial charge is 0.242 e. The molecule has 4 heteroatoms. The van der Waals surface area contributed by atoms with E-state index in [1.165, 1.54) is 0 Å². The van der Waals surface area contributed by atoms with Crippen molar-refractivity contribution in [2.75, 3.05) is 19.7 Å². The van der Waals surface area contributed by atoms with Gasteiger partial charge in [-0.15, -0.1) is 0 Å². The molecule has 17 heavy (non-hydrogen) atoms. The Morgan fingerprint density at radius 3 is 2.88 bits per heavy atom. The standard InChI is InChI=1S/C13H22N2O2/c1-4-8-17-11-6-5-7-15(9-11)12(16)13(2,3)10-14/h11H,4-9H2,1-3H3. The Morgan fingerprint density at radius 2 is 2.29 bits per heavy atom. The number of rotatable bonds is 4. The molecule has 0 N–H and O–H groups in total. The lowest BCUT2D eigenvalue weighted by atomic mass is 9.92. The van der Waals surface area contributed by atoms with Gasteiger partial charge in [0.25, 0.3) is 0 Å². The lowest BCUT2D eigenvalue weighted by molar-refractivity contribution is -0.141. The van der Waals surface area contributed by atoms with Crippen LogP contribution in [0.4, 0.5) is 0 Å². The normalized spacial score (nSPS) is 21.1. The fourth-order valence-electron chi connectivity index (χ4n) is 1.99. The van der Waals surface area contributed by atoms with Crippen LogP contribution in [0.3, 0.4) is 0 Å². The summed E-state index contributed by atoms with van der Waals surface area (Å²) in [5, 5.41) is 8.97. The number of hydrogen-bond acceptors (Lipinski definition) is 3. The maximum absolute atomic E-state index is 12.1.